The third-order valence-electron chi connectivity index (χ3n) is 2.47. The number of ether oxygens (including phenoxy) is 1. The first-order valence-corrected chi connectivity index (χ1v) is 5.91. The zero-order chi connectivity index (χ0) is 11.5. The van der Waals surface area contributed by atoms with Crippen molar-refractivity contribution < 1.29 is 4.74 Å². The molecule has 0 aliphatic carbocycles. The van der Waals surface area contributed by atoms with E-state index in [0.717, 1.165) is 28.3 Å². The summed E-state index contributed by atoms with van der Waals surface area (Å²) < 4.78 is 8.24. The molecule has 0 aliphatic heterocycles. The van der Waals surface area contributed by atoms with Crippen LogP contribution in [-0.2, 0) is 6.54 Å². The molecule has 0 saturated heterocycles. The van der Waals surface area contributed by atoms with E-state index in [1.54, 1.807) is 7.11 Å². The van der Waals surface area contributed by atoms with Crippen molar-refractivity contribution >= 4 is 15.9 Å². The van der Waals surface area contributed by atoms with Crippen LogP contribution >= 0.6 is 15.9 Å². The van der Waals surface area contributed by atoms with Crippen LogP contribution in [-0.4, -0.2) is 16.7 Å². The lowest BCUT2D eigenvalue weighted by Crippen LogP contribution is -1.97. The highest BCUT2D eigenvalue weighted by molar-refractivity contribution is 9.10. The Morgan fingerprint density at radius 2 is 2.00 bits per heavy atom. The summed E-state index contributed by atoms with van der Waals surface area (Å²) in [6.07, 6.45) is 1.82. The van der Waals surface area contributed by atoms with E-state index in [1.807, 2.05) is 30.5 Å². The number of imidazole rings is 1. The predicted molar refractivity (Wildman–Crippen MR) is 67.6 cm³/mol. The minimum Gasteiger partial charge on any atom is -0.497 e. The second kappa shape index (κ2) is 4.70. The number of methoxy groups -OCH3 is 1. The lowest BCUT2D eigenvalue weighted by atomic mass is 10.2. The summed E-state index contributed by atoms with van der Waals surface area (Å²) in [4.78, 5) is 4.39. The van der Waals surface area contributed by atoms with Gasteiger partial charge in [-0.05, 0) is 47.1 Å². The molecule has 2 aromatic rings. The van der Waals surface area contributed by atoms with Crippen molar-refractivity contribution in [1.29, 1.82) is 0 Å². The van der Waals surface area contributed by atoms with Gasteiger partial charge < -0.3 is 9.30 Å². The molecular weight excluding hydrogens is 268 g/mol. The Balaban J connectivity index is 2.42. The average Bonchev–Trinajstić information content (AvgIpc) is 2.70. The molecule has 16 heavy (non-hydrogen) atoms. The van der Waals surface area contributed by atoms with E-state index in [-0.39, 0.29) is 0 Å². The van der Waals surface area contributed by atoms with Gasteiger partial charge in [-0.25, -0.2) is 4.98 Å². The van der Waals surface area contributed by atoms with Crippen LogP contribution in [0.3, 0.4) is 0 Å². The predicted octanol–water partition coefficient (Wildman–Crippen LogP) is 3.34. The van der Waals surface area contributed by atoms with Crippen LogP contribution in [0.15, 0.2) is 35.1 Å². The third-order valence-corrected chi connectivity index (χ3v) is 3.10. The summed E-state index contributed by atoms with van der Waals surface area (Å²) in [5.41, 5.74) is 1.09. The molecule has 0 aliphatic rings. The molecule has 1 aromatic carbocycles. The molecule has 0 spiro atoms. The Hall–Kier alpha value is -1.29. The summed E-state index contributed by atoms with van der Waals surface area (Å²) in [7, 11) is 1.67. The maximum absolute atomic E-state index is 5.13. The van der Waals surface area contributed by atoms with Crippen molar-refractivity contribution in [3.63, 3.8) is 0 Å². The fourth-order valence-corrected chi connectivity index (χ4v) is 2.15. The normalized spacial score (nSPS) is 10.4. The topological polar surface area (TPSA) is 27.1 Å². The van der Waals surface area contributed by atoms with Crippen molar-refractivity contribution in [1.82, 2.24) is 9.55 Å². The van der Waals surface area contributed by atoms with E-state index in [2.05, 4.69) is 32.4 Å². The van der Waals surface area contributed by atoms with E-state index in [9.17, 15) is 0 Å². The standard InChI is InChI=1S/C12H13BrN2O/c1-3-15-11(13)8-14-12(15)9-4-6-10(16-2)7-5-9/h4-8H,3H2,1-2H3. The SMILES string of the molecule is CCn1c(Br)cnc1-c1ccc(OC)cc1. The number of halogens is 1. The van der Waals surface area contributed by atoms with Crippen LogP contribution in [0.4, 0.5) is 0 Å². The van der Waals surface area contributed by atoms with Gasteiger partial charge in [0.15, 0.2) is 0 Å². The van der Waals surface area contributed by atoms with Gasteiger partial charge in [0, 0.05) is 12.1 Å². The summed E-state index contributed by atoms with van der Waals surface area (Å²) in [6, 6.07) is 7.91. The molecule has 0 radical (unpaired) electrons. The Morgan fingerprint density at radius 3 is 2.56 bits per heavy atom. The van der Waals surface area contributed by atoms with E-state index in [1.165, 1.54) is 0 Å². The largest absolute Gasteiger partial charge is 0.497 e. The van der Waals surface area contributed by atoms with Gasteiger partial charge in [-0.1, -0.05) is 0 Å². The molecule has 3 nitrogen and oxygen atoms in total. The molecule has 0 unspecified atom stereocenters. The monoisotopic (exact) mass is 280 g/mol. The van der Waals surface area contributed by atoms with Gasteiger partial charge in [0.05, 0.1) is 13.3 Å². The molecule has 0 fully saturated rings. The number of hydrogen-bond acceptors (Lipinski definition) is 2. The Kier molecular flexibility index (Phi) is 3.29. The molecule has 0 amide bonds. The summed E-state index contributed by atoms with van der Waals surface area (Å²) in [6.45, 7) is 2.99. The highest BCUT2D eigenvalue weighted by Gasteiger charge is 2.08. The Morgan fingerprint density at radius 1 is 1.31 bits per heavy atom. The molecule has 1 heterocycles. The van der Waals surface area contributed by atoms with Gasteiger partial charge in [-0.3, -0.25) is 0 Å². The maximum atomic E-state index is 5.13. The summed E-state index contributed by atoms with van der Waals surface area (Å²) >= 11 is 3.48. The third kappa shape index (κ3) is 1.97. The number of aromatic nitrogens is 2. The van der Waals surface area contributed by atoms with Crippen molar-refractivity contribution in [2.75, 3.05) is 7.11 Å². The lowest BCUT2D eigenvalue weighted by molar-refractivity contribution is 0.415. The van der Waals surface area contributed by atoms with Crippen molar-refractivity contribution in [3.8, 4) is 17.1 Å². The Bertz CT molecular complexity index is 476. The summed E-state index contributed by atoms with van der Waals surface area (Å²) in [5.74, 6) is 1.83. The Labute approximate surface area is 103 Å². The fraction of sp³-hybridized carbons (Fsp3) is 0.250. The molecule has 2 rings (SSSR count). The minimum absolute atomic E-state index is 0.859. The number of rotatable bonds is 3. The van der Waals surface area contributed by atoms with Crippen molar-refractivity contribution in [2.24, 2.45) is 0 Å². The summed E-state index contributed by atoms with van der Waals surface area (Å²) in [5, 5.41) is 0. The van der Waals surface area contributed by atoms with Crippen LogP contribution in [0, 0.1) is 0 Å². The van der Waals surface area contributed by atoms with Gasteiger partial charge in [-0.15, -0.1) is 0 Å². The van der Waals surface area contributed by atoms with E-state index in [0.29, 0.717) is 0 Å². The number of benzene rings is 1. The van der Waals surface area contributed by atoms with Gasteiger partial charge in [0.1, 0.15) is 16.2 Å². The lowest BCUT2D eigenvalue weighted by Gasteiger charge is -2.06. The van der Waals surface area contributed by atoms with Crippen molar-refractivity contribution in [2.45, 2.75) is 13.5 Å². The van der Waals surface area contributed by atoms with Crippen LogP contribution < -0.4 is 4.74 Å². The molecule has 1 aromatic heterocycles. The molecule has 0 atom stereocenters. The minimum atomic E-state index is 0.859. The highest BCUT2D eigenvalue weighted by atomic mass is 79.9. The second-order valence-electron chi connectivity index (χ2n) is 3.38. The van der Waals surface area contributed by atoms with Gasteiger partial charge in [0.25, 0.3) is 0 Å². The molecular formula is C12H13BrN2O. The first-order chi connectivity index (χ1) is 7.76. The molecule has 0 saturated carbocycles. The highest BCUT2D eigenvalue weighted by Crippen LogP contribution is 2.24. The van der Waals surface area contributed by atoms with Crippen LogP contribution in [0.25, 0.3) is 11.4 Å². The first kappa shape index (κ1) is 11.2. The zero-order valence-electron chi connectivity index (χ0n) is 9.27. The van der Waals surface area contributed by atoms with Crippen LogP contribution in [0.2, 0.25) is 0 Å². The zero-order valence-corrected chi connectivity index (χ0v) is 10.9. The molecule has 4 heteroatoms. The molecule has 84 valence electrons. The average molecular weight is 281 g/mol. The number of hydrogen-bond donors (Lipinski definition) is 0. The van der Waals surface area contributed by atoms with E-state index >= 15 is 0 Å². The fourth-order valence-electron chi connectivity index (χ4n) is 1.63. The van der Waals surface area contributed by atoms with Crippen LogP contribution in [0.1, 0.15) is 6.92 Å². The van der Waals surface area contributed by atoms with Gasteiger partial charge in [-0.2, -0.15) is 0 Å². The molecule has 0 bridgehead atoms. The van der Waals surface area contributed by atoms with Gasteiger partial charge in [0.2, 0.25) is 0 Å². The smallest absolute Gasteiger partial charge is 0.140 e. The quantitative estimate of drug-likeness (QED) is 0.862. The van der Waals surface area contributed by atoms with E-state index < -0.39 is 0 Å². The molecule has 0 N–H and O–H groups in total. The maximum Gasteiger partial charge on any atom is 0.140 e. The van der Waals surface area contributed by atoms with E-state index in [4.69, 9.17) is 4.74 Å². The first-order valence-electron chi connectivity index (χ1n) is 5.11. The second-order valence-corrected chi connectivity index (χ2v) is 4.19. The van der Waals surface area contributed by atoms with Crippen molar-refractivity contribution in [3.05, 3.63) is 35.1 Å². The van der Waals surface area contributed by atoms with Crippen LogP contribution in [0.5, 0.6) is 5.75 Å². The number of nitrogens with zero attached hydrogens (tertiary/aromatic N) is 2. The van der Waals surface area contributed by atoms with Gasteiger partial charge >= 0.3 is 0 Å².